The number of benzene rings is 3. The highest BCUT2D eigenvalue weighted by molar-refractivity contribution is 7.89. The number of anilines is 1. The molecule has 0 bridgehead atoms. The number of carbonyl (C=O) groups excluding carboxylic acids is 1. The Bertz CT molecular complexity index is 1260. The lowest BCUT2D eigenvalue weighted by molar-refractivity contribution is -0.137. The number of alkyl halides is 3. The summed E-state index contributed by atoms with van der Waals surface area (Å²) in [5.41, 5.74) is -0.105. The second-order valence-corrected chi connectivity index (χ2v) is 9.16. The number of methoxy groups -OCH3 is 2. The van der Waals surface area contributed by atoms with Crippen molar-refractivity contribution >= 4 is 21.6 Å². The van der Waals surface area contributed by atoms with Crippen molar-refractivity contribution in [3.63, 3.8) is 0 Å². The molecule has 3 aromatic carbocycles. The van der Waals surface area contributed by atoms with E-state index in [1.165, 1.54) is 32.4 Å². The van der Waals surface area contributed by atoms with E-state index in [0.29, 0.717) is 11.3 Å². The topological polar surface area (TPSA) is 93.7 Å². The van der Waals surface area contributed by atoms with Crippen molar-refractivity contribution in [2.24, 2.45) is 0 Å². The summed E-state index contributed by atoms with van der Waals surface area (Å²) in [5, 5.41) is 2.48. The normalized spacial score (nSPS) is 12.6. The number of halogens is 3. The zero-order valence-corrected chi connectivity index (χ0v) is 19.6. The molecule has 11 heteroatoms. The Morgan fingerprint density at radius 1 is 0.914 bits per heavy atom. The van der Waals surface area contributed by atoms with Gasteiger partial charge in [0.05, 0.1) is 24.7 Å². The van der Waals surface area contributed by atoms with Gasteiger partial charge in [0.25, 0.3) is 0 Å². The minimum absolute atomic E-state index is 0.000171. The van der Waals surface area contributed by atoms with E-state index in [2.05, 4.69) is 10.0 Å². The molecule has 3 aromatic rings. The summed E-state index contributed by atoms with van der Waals surface area (Å²) in [5.74, 6) is -0.228. The van der Waals surface area contributed by atoms with Gasteiger partial charge in [-0.15, -0.1) is 0 Å². The van der Waals surface area contributed by atoms with Crippen LogP contribution in [0.5, 0.6) is 11.5 Å². The molecule has 1 amide bonds. The van der Waals surface area contributed by atoms with Gasteiger partial charge >= 0.3 is 6.18 Å². The highest BCUT2D eigenvalue weighted by Gasteiger charge is 2.31. The standard InChI is InChI=1S/C24H23F3N2O5S/c1-33-21-13-12-19(15-22(21)34-2)35(31,32)29-20(14-16-6-4-3-5-7-16)23(30)28-18-10-8-17(9-11-18)24(25,26)27/h3-13,15,20,29H,14H2,1-2H3,(H,28,30)/t20-/m0/s1. The van der Waals surface area contributed by atoms with E-state index in [9.17, 15) is 26.4 Å². The predicted octanol–water partition coefficient (Wildman–Crippen LogP) is 4.25. The van der Waals surface area contributed by atoms with Crippen LogP contribution in [0.2, 0.25) is 0 Å². The van der Waals surface area contributed by atoms with Gasteiger partial charge in [0.2, 0.25) is 15.9 Å². The second-order valence-electron chi connectivity index (χ2n) is 7.44. The lowest BCUT2D eigenvalue weighted by Crippen LogP contribution is -2.45. The average molecular weight is 509 g/mol. The first-order chi connectivity index (χ1) is 16.5. The van der Waals surface area contributed by atoms with Crippen LogP contribution in [0.15, 0.2) is 77.7 Å². The van der Waals surface area contributed by atoms with Crippen LogP contribution in [0.3, 0.4) is 0 Å². The maximum atomic E-state index is 13.1. The number of ether oxygens (including phenoxy) is 2. The third-order valence-corrected chi connectivity index (χ3v) is 6.51. The summed E-state index contributed by atoms with van der Waals surface area (Å²) >= 11 is 0. The van der Waals surface area contributed by atoms with Gasteiger partial charge in [0, 0.05) is 11.8 Å². The van der Waals surface area contributed by atoms with Crippen molar-refractivity contribution in [2.75, 3.05) is 19.5 Å². The minimum Gasteiger partial charge on any atom is -0.493 e. The zero-order valence-electron chi connectivity index (χ0n) is 18.8. The molecule has 0 saturated carbocycles. The molecule has 35 heavy (non-hydrogen) atoms. The summed E-state index contributed by atoms with van der Waals surface area (Å²) in [6, 6.07) is 15.3. The van der Waals surface area contributed by atoms with Gasteiger partial charge in [-0.3, -0.25) is 4.79 Å². The lowest BCUT2D eigenvalue weighted by Gasteiger charge is -2.19. The molecule has 0 unspecified atom stereocenters. The van der Waals surface area contributed by atoms with Crippen LogP contribution in [-0.2, 0) is 27.4 Å². The Morgan fingerprint density at radius 2 is 1.54 bits per heavy atom. The van der Waals surface area contributed by atoms with Crippen molar-refractivity contribution in [1.29, 1.82) is 0 Å². The third-order valence-electron chi connectivity index (χ3n) is 5.04. The monoisotopic (exact) mass is 508 g/mol. The molecule has 0 radical (unpaired) electrons. The fourth-order valence-electron chi connectivity index (χ4n) is 3.25. The van der Waals surface area contributed by atoms with Crippen LogP contribution in [-0.4, -0.2) is 34.6 Å². The molecule has 0 spiro atoms. The summed E-state index contributed by atoms with van der Waals surface area (Å²) in [6.45, 7) is 0. The number of rotatable bonds is 9. The Kier molecular flexibility index (Phi) is 8.03. The van der Waals surface area contributed by atoms with E-state index in [-0.39, 0.29) is 22.8 Å². The predicted molar refractivity (Wildman–Crippen MR) is 124 cm³/mol. The van der Waals surface area contributed by atoms with Gasteiger partial charge in [0.15, 0.2) is 11.5 Å². The molecule has 3 rings (SSSR count). The maximum Gasteiger partial charge on any atom is 0.416 e. The van der Waals surface area contributed by atoms with Gasteiger partial charge in [-0.2, -0.15) is 17.9 Å². The number of amides is 1. The van der Waals surface area contributed by atoms with E-state index < -0.39 is 33.7 Å². The Balaban J connectivity index is 1.87. The summed E-state index contributed by atoms with van der Waals surface area (Å²) in [7, 11) is -1.43. The molecule has 0 aliphatic carbocycles. The van der Waals surface area contributed by atoms with Crippen LogP contribution in [0, 0.1) is 0 Å². The van der Waals surface area contributed by atoms with E-state index in [4.69, 9.17) is 9.47 Å². The number of nitrogens with one attached hydrogen (secondary N) is 2. The molecule has 186 valence electrons. The first-order valence-electron chi connectivity index (χ1n) is 10.3. The Morgan fingerprint density at radius 3 is 2.11 bits per heavy atom. The van der Waals surface area contributed by atoms with E-state index in [1.54, 1.807) is 30.3 Å². The average Bonchev–Trinajstić information content (AvgIpc) is 2.83. The Hall–Kier alpha value is -3.57. The fourth-order valence-corrected chi connectivity index (χ4v) is 4.46. The second kappa shape index (κ2) is 10.8. The molecular weight excluding hydrogens is 485 g/mol. The molecule has 0 saturated heterocycles. The quantitative estimate of drug-likeness (QED) is 0.451. The number of hydrogen-bond donors (Lipinski definition) is 2. The van der Waals surface area contributed by atoms with Crippen LogP contribution >= 0.6 is 0 Å². The van der Waals surface area contributed by atoms with Gasteiger partial charge in [-0.05, 0) is 48.4 Å². The van der Waals surface area contributed by atoms with Gasteiger partial charge in [0.1, 0.15) is 6.04 Å². The largest absolute Gasteiger partial charge is 0.493 e. The van der Waals surface area contributed by atoms with Crippen molar-refractivity contribution in [3.8, 4) is 11.5 Å². The van der Waals surface area contributed by atoms with Crippen molar-refractivity contribution < 1.29 is 35.9 Å². The summed E-state index contributed by atoms with van der Waals surface area (Å²) < 4.78 is 77.3. The van der Waals surface area contributed by atoms with Crippen molar-refractivity contribution in [3.05, 3.63) is 83.9 Å². The first kappa shape index (κ1) is 26.0. The highest BCUT2D eigenvalue weighted by atomic mass is 32.2. The van der Waals surface area contributed by atoms with Crippen molar-refractivity contribution in [1.82, 2.24) is 4.72 Å². The third kappa shape index (κ3) is 6.74. The number of carbonyl (C=O) groups is 1. The zero-order chi connectivity index (χ0) is 25.6. The smallest absolute Gasteiger partial charge is 0.416 e. The molecule has 0 aliphatic rings. The van der Waals surface area contributed by atoms with Gasteiger partial charge < -0.3 is 14.8 Å². The number of hydrogen-bond acceptors (Lipinski definition) is 5. The molecular formula is C24H23F3N2O5S. The molecule has 2 N–H and O–H groups in total. The Labute approximate surface area is 200 Å². The van der Waals surface area contributed by atoms with Gasteiger partial charge in [-0.1, -0.05) is 30.3 Å². The molecule has 0 aliphatic heterocycles. The summed E-state index contributed by atoms with van der Waals surface area (Å²) in [4.78, 5) is 12.9. The molecule has 1 atom stereocenters. The molecule has 0 heterocycles. The first-order valence-corrected chi connectivity index (χ1v) is 11.8. The highest BCUT2D eigenvalue weighted by Crippen LogP contribution is 2.31. The van der Waals surface area contributed by atoms with Crippen LogP contribution in [0.4, 0.5) is 18.9 Å². The fraction of sp³-hybridized carbons (Fsp3) is 0.208. The van der Waals surface area contributed by atoms with E-state index >= 15 is 0 Å². The molecule has 0 aromatic heterocycles. The lowest BCUT2D eigenvalue weighted by atomic mass is 10.1. The minimum atomic E-state index is -4.52. The number of sulfonamides is 1. The van der Waals surface area contributed by atoms with Crippen molar-refractivity contribution in [2.45, 2.75) is 23.5 Å². The maximum absolute atomic E-state index is 13.1. The van der Waals surface area contributed by atoms with Crippen LogP contribution in [0.25, 0.3) is 0 Å². The SMILES string of the molecule is COc1ccc(S(=O)(=O)N[C@@H](Cc2ccccc2)C(=O)Nc2ccc(C(F)(F)F)cc2)cc1OC. The van der Waals surface area contributed by atoms with E-state index in [1.807, 2.05) is 0 Å². The molecule has 0 fully saturated rings. The summed E-state index contributed by atoms with van der Waals surface area (Å²) in [6.07, 6.45) is -4.52. The molecule has 7 nitrogen and oxygen atoms in total. The van der Waals surface area contributed by atoms with Crippen LogP contribution < -0.4 is 19.5 Å². The van der Waals surface area contributed by atoms with Crippen LogP contribution in [0.1, 0.15) is 11.1 Å². The van der Waals surface area contributed by atoms with E-state index in [0.717, 1.165) is 24.3 Å². The van der Waals surface area contributed by atoms with Gasteiger partial charge in [-0.25, -0.2) is 8.42 Å².